The van der Waals surface area contributed by atoms with E-state index in [-0.39, 0.29) is 0 Å². The zero-order valence-electron chi connectivity index (χ0n) is 10.5. The summed E-state index contributed by atoms with van der Waals surface area (Å²) >= 11 is 1.66. The average Bonchev–Trinajstić information content (AvgIpc) is 2.99. The van der Waals surface area contributed by atoms with Crippen molar-refractivity contribution in [3.8, 4) is 0 Å². The molecule has 0 aliphatic heterocycles. The fraction of sp³-hybridized carbons (Fsp3) is 0.636. The quantitative estimate of drug-likeness (QED) is 0.622. The number of thiazole rings is 1. The van der Waals surface area contributed by atoms with Crippen LogP contribution in [0.5, 0.6) is 0 Å². The van der Waals surface area contributed by atoms with Crippen molar-refractivity contribution in [2.24, 2.45) is 4.99 Å². The smallest absolute Gasteiger partial charge is 0.191 e. The van der Waals surface area contributed by atoms with Gasteiger partial charge in [-0.2, -0.15) is 0 Å². The molecular weight excluding hydrogens is 234 g/mol. The van der Waals surface area contributed by atoms with Gasteiger partial charge in [0.15, 0.2) is 11.1 Å². The molecule has 0 spiro atoms. The summed E-state index contributed by atoms with van der Waals surface area (Å²) in [7, 11) is 5.80. The number of hydrogen-bond donors (Lipinski definition) is 2. The lowest BCUT2D eigenvalue weighted by atomic mass is 10.5. The fourth-order valence-electron chi connectivity index (χ4n) is 1.37. The summed E-state index contributed by atoms with van der Waals surface area (Å²) in [6, 6.07) is 0.619. The molecule has 0 bridgehead atoms. The van der Waals surface area contributed by atoms with Crippen molar-refractivity contribution in [1.29, 1.82) is 0 Å². The maximum Gasteiger partial charge on any atom is 0.191 e. The maximum atomic E-state index is 4.51. The molecule has 1 saturated carbocycles. The van der Waals surface area contributed by atoms with E-state index in [2.05, 4.69) is 26.0 Å². The second kappa shape index (κ2) is 5.35. The number of nitrogens with zero attached hydrogens (tertiary/aromatic N) is 3. The number of guanidine groups is 1. The van der Waals surface area contributed by atoms with E-state index in [4.69, 9.17) is 0 Å². The molecule has 0 unspecified atom stereocenters. The lowest BCUT2D eigenvalue weighted by Gasteiger charge is -2.09. The van der Waals surface area contributed by atoms with E-state index in [9.17, 15) is 0 Å². The Morgan fingerprint density at radius 1 is 1.59 bits per heavy atom. The predicted molar refractivity (Wildman–Crippen MR) is 72.8 cm³/mol. The van der Waals surface area contributed by atoms with Crippen LogP contribution in [-0.4, -0.2) is 38.1 Å². The van der Waals surface area contributed by atoms with Gasteiger partial charge in [0.1, 0.15) is 0 Å². The number of hydrogen-bond acceptors (Lipinski definition) is 4. The Hall–Kier alpha value is -1.30. The minimum Gasteiger partial charge on any atom is -0.354 e. The predicted octanol–water partition coefficient (Wildman–Crippen LogP) is 1.04. The highest BCUT2D eigenvalue weighted by molar-refractivity contribution is 7.13. The van der Waals surface area contributed by atoms with E-state index in [1.165, 1.54) is 12.8 Å². The van der Waals surface area contributed by atoms with Crippen LogP contribution in [0.15, 0.2) is 10.4 Å². The van der Waals surface area contributed by atoms with E-state index in [1.54, 1.807) is 18.4 Å². The number of rotatable bonds is 4. The molecule has 0 radical (unpaired) electrons. The Kier molecular flexibility index (Phi) is 3.83. The van der Waals surface area contributed by atoms with Crippen molar-refractivity contribution in [1.82, 2.24) is 15.6 Å². The molecule has 2 N–H and O–H groups in total. The summed E-state index contributed by atoms with van der Waals surface area (Å²) in [4.78, 5) is 10.7. The molecule has 2 rings (SSSR count). The normalized spacial score (nSPS) is 15.8. The lowest BCUT2D eigenvalue weighted by Crippen LogP contribution is -2.38. The molecule has 0 aromatic carbocycles. The first kappa shape index (κ1) is 12.2. The molecule has 5 nitrogen and oxygen atoms in total. The molecule has 94 valence electrons. The Morgan fingerprint density at radius 3 is 2.88 bits per heavy atom. The van der Waals surface area contributed by atoms with Gasteiger partial charge in [-0.3, -0.25) is 4.99 Å². The Morgan fingerprint density at radius 2 is 2.35 bits per heavy atom. The SMILES string of the molecule is CN=C(NCc1csc(N(C)C)n1)NC1CC1. The molecule has 1 aromatic heterocycles. The van der Waals surface area contributed by atoms with Gasteiger partial charge in [0.2, 0.25) is 0 Å². The van der Waals surface area contributed by atoms with Gasteiger partial charge in [-0.25, -0.2) is 4.98 Å². The third-order valence-corrected chi connectivity index (χ3v) is 3.56. The van der Waals surface area contributed by atoms with E-state index in [1.807, 2.05) is 19.0 Å². The number of anilines is 1. The molecule has 1 aromatic rings. The summed E-state index contributed by atoms with van der Waals surface area (Å²) in [5.41, 5.74) is 1.05. The van der Waals surface area contributed by atoms with Crippen LogP contribution < -0.4 is 15.5 Å². The second-order valence-electron chi connectivity index (χ2n) is 4.36. The zero-order valence-corrected chi connectivity index (χ0v) is 11.3. The largest absolute Gasteiger partial charge is 0.354 e. The minimum atomic E-state index is 0.619. The van der Waals surface area contributed by atoms with Crippen molar-refractivity contribution >= 4 is 22.4 Å². The maximum absolute atomic E-state index is 4.51. The van der Waals surface area contributed by atoms with Gasteiger partial charge in [0, 0.05) is 32.6 Å². The van der Waals surface area contributed by atoms with E-state index in [0.29, 0.717) is 6.04 Å². The highest BCUT2D eigenvalue weighted by Crippen LogP contribution is 2.19. The van der Waals surface area contributed by atoms with Gasteiger partial charge in [-0.05, 0) is 12.8 Å². The third kappa shape index (κ3) is 3.59. The van der Waals surface area contributed by atoms with Crippen LogP contribution in [0.2, 0.25) is 0 Å². The van der Waals surface area contributed by atoms with E-state index < -0.39 is 0 Å². The van der Waals surface area contributed by atoms with Gasteiger partial charge in [-0.15, -0.1) is 11.3 Å². The number of nitrogens with one attached hydrogen (secondary N) is 2. The van der Waals surface area contributed by atoms with Crippen LogP contribution in [0.4, 0.5) is 5.13 Å². The van der Waals surface area contributed by atoms with Crippen LogP contribution in [-0.2, 0) is 6.54 Å². The summed E-state index contributed by atoms with van der Waals surface area (Å²) in [6.07, 6.45) is 2.50. The van der Waals surface area contributed by atoms with Crippen LogP contribution in [0.1, 0.15) is 18.5 Å². The molecule has 0 amide bonds. The monoisotopic (exact) mass is 253 g/mol. The second-order valence-corrected chi connectivity index (χ2v) is 5.20. The molecule has 1 heterocycles. The molecular formula is C11H19N5S. The summed E-state index contributed by atoms with van der Waals surface area (Å²) in [6.45, 7) is 0.719. The first-order valence-electron chi connectivity index (χ1n) is 5.78. The first-order valence-corrected chi connectivity index (χ1v) is 6.66. The first-order chi connectivity index (χ1) is 8.19. The topological polar surface area (TPSA) is 52.6 Å². The third-order valence-electron chi connectivity index (χ3n) is 2.50. The van der Waals surface area contributed by atoms with Crippen molar-refractivity contribution in [3.05, 3.63) is 11.1 Å². The summed E-state index contributed by atoms with van der Waals surface area (Å²) in [5.74, 6) is 0.868. The Balaban J connectivity index is 1.82. The van der Waals surface area contributed by atoms with Crippen molar-refractivity contribution < 1.29 is 0 Å². The minimum absolute atomic E-state index is 0.619. The van der Waals surface area contributed by atoms with Gasteiger partial charge < -0.3 is 15.5 Å². The van der Waals surface area contributed by atoms with Gasteiger partial charge in [0.25, 0.3) is 0 Å². The Bertz CT molecular complexity index is 394. The van der Waals surface area contributed by atoms with Crippen molar-refractivity contribution in [2.45, 2.75) is 25.4 Å². The van der Waals surface area contributed by atoms with Crippen LogP contribution in [0.3, 0.4) is 0 Å². The van der Waals surface area contributed by atoms with Crippen LogP contribution in [0, 0.1) is 0 Å². The van der Waals surface area contributed by atoms with Crippen LogP contribution >= 0.6 is 11.3 Å². The number of aromatic nitrogens is 1. The number of aliphatic imine (C=N–C) groups is 1. The Labute approximate surface area is 106 Å². The average molecular weight is 253 g/mol. The van der Waals surface area contributed by atoms with Crippen LogP contribution in [0.25, 0.3) is 0 Å². The molecule has 0 atom stereocenters. The molecule has 6 heteroatoms. The van der Waals surface area contributed by atoms with E-state index >= 15 is 0 Å². The van der Waals surface area contributed by atoms with Gasteiger partial charge >= 0.3 is 0 Å². The fourth-order valence-corrected chi connectivity index (χ4v) is 2.13. The molecule has 1 fully saturated rings. The summed E-state index contributed by atoms with van der Waals surface area (Å²) in [5, 5.41) is 9.73. The van der Waals surface area contributed by atoms with Crippen molar-refractivity contribution in [3.63, 3.8) is 0 Å². The molecule has 1 aliphatic carbocycles. The van der Waals surface area contributed by atoms with E-state index in [0.717, 1.165) is 23.3 Å². The standard InChI is InChI=1S/C11H19N5S/c1-12-10(14-8-4-5-8)13-6-9-7-17-11(15-9)16(2)3/h7-8H,4-6H2,1-3H3,(H2,12,13,14). The van der Waals surface area contributed by atoms with Crippen molar-refractivity contribution in [2.75, 3.05) is 26.0 Å². The highest BCUT2D eigenvalue weighted by atomic mass is 32.1. The summed E-state index contributed by atoms with van der Waals surface area (Å²) < 4.78 is 0. The van der Waals surface area contributed by atoms with Gasteiger partial charge in [0.05, 0.1) is 12.2 Å². The highest BCUT2D eigenvalue weighted by Gasteiger charge is 2.22. The molecule has 17 heavy (non-hydrogen) atoms. The molecule has 0 saturated heterocycles. The molecule has 1 aliphatic rings. The zero-order chi connectivity index (χ0) is 12.3. The lowest BCUT2D eigenvalue weighted by molar-refractivity contribution is 0.794. The van der Waals surface area contributed by atoms with Gasteiger partial charge in [-0.1, -0.05) is 0 Å².